The van der Waals surface area contributed by atoms with Crippen LogP contribution in [0.5, 0.6) is 0 Å². The number of halogens is 5. The monoisotopic (exact) mass is 663 g/mol. The zero-order valence-corrected chi connectivity index (χ0v) is 26.9. The minimum atomic E-state index is -5.43. The molecule has 0 amide bonds. The van der Waals surface area contributed by atoms with Gasteiger partial charge in [0.2, 0.25) is 0 Å². The van der Waals surface area contributed by atoms with Gasteiger partial charge in [-0.3, -0.25) is 4.18 Å². The maximum Gasteiger partial charge on any atom is 0.523 e. The first-order valence-corrected chi connectivity index (χ1v) is 15.9. The third-order valence-electron chi connectivity index (χ3n) is 5.58. The molecule has 0 radical (unpaired) electrons. The van der Waals surface area contributed by atoms with Crippen molar-refractivity contribution in [2.24, 2.45) is 9.98 Å². The third-order valence-corrected chi connectivity index (χ3v) is 7.41. The van der Waals surface area contributed by atoms with Crippen LogP contribution in [-0.4, -0.2) is 111 Å². The first-order valence-electron chi connectivity index (χ1n) is 12.6. The Labute approximate surface area is 255 Å². The summed E-state index contributed by atoms with van der Waals surface area (Å²) >= 11 is 19.8. The van der Waals surface area contributed by atoms with E-state index in [9.17, 15) is 21.6 Å². The molecule has 0 rings (SSSR count). The van der Waals surface area contributed by atoms with E-state index in [1.165, 1.54) is 26.2 Å². The number of hydrogen-bond donors (Lipinski definition) is 0. The third kappa shape index (κ3) is 26.4. The predicted molar refractivity (Wildman–Crippen MR) is 166 cm³/mol. The quantitative estimate of drug-likeness (QED) is 0.0285. The van der Waals surface area contributed by atoms with E-state index in [0.717, 1.165) is 62.3 Å². The molecule has 0 aromatic carbocycles. The Balaban J connectivity index is -0.000000236. The number of isothiocyanates is 2. The zero-order chi connectivity index (χ0) is 29.9. The summed E-state index contributed by atoms with van der Waals surface area (Å²) in [6, 6.07) is 0. The van der Waals surface area contributed by atoms with Crippen LogP contribution in [0.3, 0.4) is 0 Å². The van der Waals surface area contributed by atoms with Crippen molar-refractivity contribution in [2.75, 3.05) is 77.3 Å². The maximum absolute atomic E-state index is 11.5. The lowest BCUT2D eigenvalue weighted by Gasteiger charge is -2.36. The number of aliphatic imine (C=N–C) groups is 2. The molecule has 0 fully saturated rings. The topological polar surface area (TPSA) is 71.3 Å². The molecule has 0 aromatic heterocycles. The molecule has 0 aliphatic heterocycles. The van der Waals surface area contributed by atoms with E-state index in [1.54, 1.807) is 0 Å². The van der Waals surface area contributed by atoms with Crippen LogP contribution in [0, 0.1) is 0 Å². The molecule has 234 valence electrons. The van der Waals surface area contributed by atoms with Gasteiger partial charge in [-0.1, -0.05) is 21.3 Å². The largest absolute Gasteiger partial charge is 0.523 e. The van der Waals surface area contributed by atoms with E-state index in [4.69, 9.17) is 23.2 Å². The van der Waals surface area contributed by atoms with Crippen LogP contribution in [0.4, 0.5) is 13.2 Å². The molecule has 0 saturated carbocycles. The number of quaternary nitrogens is 1. The predicted octanol–water partition coefficient (Wildman–Crippen LogP) is 6.90. The molecular formula is C24H48Cl2F3N4O3S3+. The summed E-state index contributed by atoms with van der Waals surface area (Å²) in [5.74, 6) is 0.811. The fraction of sp³-hybridized carbons (Fsp3) is 0.917. The molecule has 0 saturated heterocycles. The van der Waals surface area contributed by atoms with Gasteiger partial charge in [-0.05, 0) is 70.8 Å². The molecule has 0 heterocycles. The SMILES string of the molecule is C.CCN(CC)CCCN=C=S.CC[N+](CC)(CCCCl)CCCN=C=S.O=S(=O)(OCCCCl)C(F)(F)F. The van der Waals surface area contributed by atoms with Gasteiger partial charge in [0.1, 0.15) is 0 Å². The van der Waals surface area contributed by atoms with Gasteiger partial charge in [-0.15, -0.1) is 23.2 Å². The molecule has 15 heteroatoms. The standard InChI is InChI=1S/C11H22ClN2S.C8H16N2S.C4H6ClF3O3S.CH4/c1-3-14(4-2,9-5-7-12)10-6-8-13-11-15;1-3-10(4-2)7-5-6-9-8-11;5-2-1-3-11-12(9,10)4(6,7)8;/h3-10H2,1-2H3;3-7H2,1-2H3;1-3H2;1H4/q+1;;;. The lowest BCUT2D eigenvalue weighted by Crippen LogP contribution is -2.49. The Morgan fingerprint density at radius 1 is 0.872 bits per heavy atom. The summed E-state index contributed by atoms with van der Waals surface area (Å²) in [5, 5.41) is 4.78. The highest BCUT2D eigenvalue weighted by molar-refractivity contribution is 7.87. The van der Waals surface area contributed by atoms with Crippen LogP contribution in [0.25, 0.3) is 0 Å². The van der Waals surface area contributed by atoms with Gasteiger partial charge in [-0.25, -0.2) is 9.98 Å². The van der Waals surface area contributed by atoms with E-state index >= 15 is 0 Å². The van der Waals surface area contributed by atoms with Crippen LogP contribution in [0.1, 0.15) is 60.8 Å². The molecule has 0 atom stereocenters. The molecule has 0 bridgehead atoms. The number of hydrogen-bond acceptors (Lipinski definition) is 8. The Bertz CT molecular complexity index is 759. The molecule has 0 N–H and O–H groups in total. The van der Waals surface area contributed by atoms with Crippen molar-refractivity contribution in [1.82, 2.24) is 4.90 Å². The molecule has 0 aliphatic rings. The second-order valence-corrected chi connectivity index (χ2v) is 10.6. The maximum atomic E-state index is 11.5. The summed E-state index contributed by atoms with van der Waals surface area (Å²) in [5.41, 5.74) is -5.35. The van der Waals surface area contributed by atoms with Crippen molar-refractivity contribution in [3.8, 4) is 0 Å². The first-order chi connectivity index (χ1) is 17.9. The lowest BCUT2D eigenvalue weighted by molar-refractivity contribution is -0.925. The summed E-state index contributed by atoms with van der Waals surface area (Å²) in [6.45, 7) is 18.0. The molecule has 39 heavy (non-hydrogen) atoms. The van der Waals surface area contributed by atoms with E-state index in [-0.39, 0.29) is 19.7 Å². The average molecular weight is 665 g/mol. The van der Waals surface area contributed by atoms with E-state index in [0.29, 0.717) is 0 Å². The summed E-state index contributed by atoms with van der Waals surface area (Å²) < 4.78 is 59.6. The molecule has 0 spiro atoms. The van der Waals surface area contributed by atoms with Gasteiger partial charge in [0.15, 0.2) is 0 Å². The minimum Gasteiger partial charge on any atom is -0.324 e. The Hall–Kier alpha value is -0.200. The number of nitrogens with zero attached hydrogens (tertiary/aromatic N) is 4. The minimum absolute atomic E-state index is 0. The van der Waals surface area contributed by atoms with Crippen LogP contribution < -0.4 is 0 Å². The number of thiocarbonyl (C=S) groups is 2. The summed E-state index contributed by atoms with van der Waals surface area (Å²) in [7, 11) is -5.43. The smallest absolute Gasteiger partial charge is 0.324 e. The van der Waals surface area contributed by atoms with Crippen LogP contribution in [0.15, 0.2) is 9.98 Å². The van der Waals surface area contributed by atoms with Crippen LogP contribution in [-0.2, 0) is 14.3 Å². The van der Waals surface area contributed by atoms with Gasteiger partial charge >= 0.3 is 15.6 Å². The van der Waals surface area contributed by atoms with Crippen molar-refractivity contribution in [2.45, 2.75) is 66.3 Å². The van der Waals surface area contributed by atoms with E-state index in [1.807, 2.05) is 0 Å². The zero-order valence-electron chi connectivity index (χ0n) is 22.9. The highest BCUT2D eigenvalue weighted by Gasteiger charge is 2.47. The highest BCUT2D eigenvalue weighted by Crippen LogP contribution is 2.24. The van der Waals surface area contributed by atoms with Crippen LogP contribution in [0.2, 0.25) is 0 Å². The Morgan fingerprint density at radius 3 is 1.72 bits per heavy atom. The molecule has 7 nitrogen and oxygen atoms in total. The fourth-order valence-corrected chi connectivity index (χ4v) is 4.02. The summed E-state index contributed by atoms with van der Waals surface area (Å²) in [4.78, 5) is 10.2. The first kappa shape index (κ1) is 45.8. The second kappa shape index (κ2) is 29.3. The lowest BCUT2D eigenvalue weighted by atomic mass is 10.2. The highest BCUT2D eigenvalue weighted by atomic mass is 35.5. The Morgan fingerprint density at radius 2 is 1.33 bits per heavy atom. The van der Waals surface area contributed by atoms with Crippen molar-refractivity contribution < 1.29 is 30.3 Å². The Kier molecular flexibility index (Phi) is 34.4. The van der Waals surface area contributed by atoms with Gasteiger partial charge in [-0.2, -0.15) is 21.6 Å². The number of rotatable bonds is 19. The van der Waals surface area contributed by atoms with Gasteiger partial charge in [0.25, 0.3) is 0 Å². The van der Waals surface area contributed by atoms with Crippen molar-refractivity contribution >= 4 is 68.1 Å². The van der Waals surface area contributed by atoms with Gasteiger partial charge in [0.05, 0.1) is 56.2 Å². The van der Waals surface area contributed by atoms with Crippen molar-refractivity contribution in [3.05, 3.63) is 0 Å². The number of alkyl halides is 5. The normalized spacial score (nSPS) is 11.1. The molecule has 0 aliphatic carbocycles. The average Bonchev–Trinajstić information content (AvgIpc) is 2.89. The van der Waals surface area contributed by atoms with Crippen molar-refractivity contribution in [1.29, 1.82) is 0 Å². The fourth-order valence-electron chi connectivity index (χ4n) is 3.14. The molecule has 0 unspecified atom stereocenters. The van der Waals surface area contributed by atoms with Crippen LogP contribution >= 0.6 is 47.6 Å². The van der Waals surface area contributed by atoms with Gasteiger partial charge < -0.3 is 9.38 Å². The molecular weight excluding hydrogens is 616 g/mol. The van der Waals surface area contributed by atoms with Gasteiger partial charge in [0, 0.05) is 24.6 Å². The second-order valence-electron chi connectivity index (χ2n) is 7.91. The summed E-state index contributed by atoms with van der Waals surface area (Å²) in [6.07, 6.45) is 3.33. The van der Waals surface area contributed by atoms with Crippen molar-refractivity contribution in [3.63, 3.8) is 0 Å². The molecule has 0 aromatic rings. The van der Waals surface area contributed by atoms with E-state index < -0.39 is 22.2 Å². The van der Waals surface area contributed by atoms with E-state index in [2.05, 4.69) is 81.5 Å².